The summed E-state index contributed by atoms with van der Waals surface area (Å²) in [5, 5.41) is 0. The highest BCUT2D eigenvalue weighted by Crippen LogP contribution is 2.23. The molecule has 0 aromatic heterocycles. The average Bonchev–Trinajstić information content (AvgIpc) is 2.39. The van der Waals surface area contributed by atoms with Gasteiger partial charge >= 0.3 is 0 Å². The number of hydrogen-bond acceptors (Lipinski definition) is 3. The van der Waals surface area contributed by atoms with E-state index in [0.29, 0.717) is 11.0 Å². The molecule has 1 heterocycles. The third-order valence-corrected chi connectivity index (χ3v) is 5.85. The van der Waals surface area contributed by atoms with E-state index in [1.54, 1.807) is 18.2 Å². The molecule has 2 rings (SSSR count). The van der Waals surface area contributed by atoms with Gasteiger partial charge in [-0.05, 0) is 66.2 Å². The molecule has 0 bridgehead atoms. The van der Waals surface area contributed by atoms with Crippen molar-refractivity contribution < 1.29 is 13.2 Å². The fourth-order valence-electron chi connectivity index (χ4n) is 2.29. The van der Waals surface area contributed by atoms with Gasteiger partial charge in [0, 0.05) is 17.6 Å². The first kappa shape index (κ1) is 15.9. The van der Waals surface area contributed by atoms with Crippen LogP contribution in [0.15, 0.2) is 27.6 Å². The molecule has 0 radical (unpaired) electrons. The highest BCUT2D eigenvalue weighted by atomic mass is 79.9. The standard InChI is InChI=1S/C14H20BrNO3S/c1-11-5-6-14(13(15)10-11)20(17,18)16-8-7-12-4-2-3-9-19-12/h5-6,10,12,16H,2-4,7-9H2,1H3. The van der Waals surface area contributed by atoms with Gasteiger partial charge in [0.2, 0.25) is 10.0 Å². The Morgan fingerprint density at radius 2 is 2.20 bits per heavy atom. The number of rotatable bonds is 5. The van der Waals surface area contributed by atoms with Crippen LogP contribution in [0.25, 0.3) is 0 Å². The minimum absolute atomic E-state index is 0.188. The number of ether oxygens (including phenoxy) is 1. The molecule has 1 aromatic carbocycles. The van der Waals surface area contributed by atoms with Crippen LogP contribution in [0.3, 0.4) is 0 Å². The van der Waals surface area contributed by atoms with E-state index >= 15 is 0 Å². The first-order valence-electron chi connectivity index (χ1n) is 6.86. The van der Waals surface area contributed by atoms with E-state index in [1.165, 1.54) is 6.42 Å². The summed E-state index contributed by atoms with van der Waals surface area (Å²) in [5.41, 5.74) is 1.02. The number of halogens is 1. The maximum atomic E-state index is 12.2. The van der Waals surface area contributed by atoms with Crippen LogP contribution in [0.5, 0.6) is 0 Å². The molecule has 1 atom stereocenters. The van der Waals surface area contributed by atoms with E-state index in [0.717, 1.165) is 31.4 Å². The van der Waals surface area contributed by atoms with Gasteiger partial charge in [-0.15, -0.1) is 0 Å². The Morgan fingerprint density at radius 3 is 2.85 bits per heavy atom. The number of sulfonamides is 1. The van der Waals surface area contributed by atoms with Gasteiger partial charge in [0.15, 0.2) is 0 Å². The molecule has 0 spiro atoms. The zero-order valence-electron chi connectivity index (χ0n) is 11.6. The molecule has 1 aliphatic heterocycles. The molecule has 1 aliphatic rings. The van der Waals surface area contributed by atoms with Crippen LogP contribution in [-0.2, 0) is 14.8 Å². The van der Waals surface area contributed by atoms with Crippen molar-refractivity contribution in [3.05, 3.63) is 28.2 Å². The van der Waals surface area contributed by atoms with Crippen molar-refractivity contribution in [1.29, 1.82) is 0 Å². The van der Waals surface area contributed by atoms with Crippen LogP contribution in [0, 0.1) is 6.92 Å². The second-order valence-electron chi connectivity index (χ2n) is 5.11. The molecule has 4 nitrogen and oxygen atoms in total. The summed E-state index contributed by atoms with van der Waals surface area (Å²) in [6, 6.07) is 5.22. The van der Waals surface area contributed by atoms with Crippen LogP contribution in [-0.4, -0.2) is 27.7 Å². The van der Waals surface area contributed by atoms with Crippen LogP contribution in [0.4, 0.5) is 0 Å². The fraction of sp³-hybridized carbons (Fsp3) is 0.571. The summed E-state index contributed by atoms with van der Waals surface area (Å²) >= 11 is 3.31. The lowest BCUT2D eigenvalue weighted by molar-refractivity contribution is 0.0123. The van der Waals surface area contributed by atoms with E-state index in [1.807, 2.05) is 6.92 Å². The largest absolute Gasteiger partial charge is 0.378 e. The Labute approximate surface area is 129 Å². The Kier molecular flexibility index (Phi) is 5.60. The van der Waals surface area contributed by atoms with Crippen molar-refractivity contribution >= 4 is 26.0 Å². The SMILES string of the molecule is Cc1ccc(S(=O)(=O)NCCC2CCCCO2)c(Br)c1. The van der Waals surface area contributed by atoms with E-state index in [2.05, 4.69) is 20.7 Å². The Bertz CT molecular complexity index is 554. The Balaban J connectivity index is 1.93. The number of hydrogen-bond donors (Lipinski definition) is 1. The predicted octanol–water partition coefficient (Wildman–Crippen LogP) is 3.00. The summed E-state index contributed by atoms with van der Waals surface area (Å²) in [7, 11) is -3.46. The van der Waals surface area contributed by atoms with E-state index in [4.69, 9.17) is 4.74 Å². The molecular formula is C14H20BrNO3S. The first-order valence-corrected chi connectivity index (χ1v) is 9.14. The van der Waals surface area contributed by atoms with Crippen molar-refractivity contribution in [2.75, 3.05) is 13.2 Å². The topological polar surface area (TPSA) is 55.4 Å². The summed E-state index contributed by atoms with van der Waals surface area (Å²) in [6.07, 6.45) is 4.21. The molecule has 1 saturated heterocycles. The maximum Gasteiger partial charge on any atom is 0.241 e. The highest BCUT2D eigenvalue weighted by Gasteiger charge is 2.19. The lowest BCUT2D eigenvalue weighted by atomic mass is 10.1. The second kappa shape index (κ2) is 7.02. The van der Waals surface area contributed by atoms with Gasteiger partial charge in [0.25, 0.3) is 0 Å². The van der Waals surface area contributed by atoms with Crippen molar-refractivity contribution in [1.82, 2.24) is 4.72 Å². The second-order valence-corrected chi connectivity index (χ2v) is 7.70. The molecule has 6 heteroatoms. The third kappa shape index (κ3) is 4.28. The molecule has 1 fully saturated rings. The fourth-order valence-corrected chi connectivity index (χ4v) is 4.53. The average molecular weight is 362 g/mol. The normalized spacial score (nSPS) is 20.0. The number of aryl methyl sites for hydroxylation is 1. The van der Waals surface area contributed by atoms with E-state index in [9.17, 15) is 8.42 Å². The third-order valence-electron chi connectivity index (χ3n) is 3.41. The van der Waals surface area contributed by atoms with Gasteiger partial charge < -0.3 is 4.74 Å². The summed E-state index contributed by atoms with van der Waals surface area (Å²) in [6.45, 7) is 3.13. The molecular weight excluding hydrogens is 342 g/mol. The first-order chi connectivity index (χ1) is 9.49. The number of benzene rings is 1. The van der Waals surface area contributed by atoms with Crippen molar-refractivity contribution in [3.63, 3.8) is 0 Å². The molecule has 1 unspecified atom stereocenters. The summed E-state index contributed by atoms with van der Waals surface area (Å²) in [5.74, 6) is 0. The van der Waals surface area contributed by atoms with Gasteiger partial charge in [0.05, 0.1) is 11.0 Å². The predicted molar refractivity (Wildman–Crippen MR) is 82.3 cm³/mol. The van der Waals surface area contributed by atoms with E-state index in [-0.39, 0.29) is 11.0 Å². The minimum Gasteiger partial charge on any atom is -0.378 e. The van der Waals surface area contributed by atoms with Gasteiger partial charge in [-0.3, -0.25) is 0 Å². The molecule has 0 saturated carbocycles. The Morgan fingerprint density at radius 1 is 1.40 bits per heavy atom. The smallest absolute Gasteiger partial charge is 0.241 e. The molecule has 20 heavy (non-hydrogen) atoms. The lowest BCUT2D eigenvalue weighted by Gasteiger charge is -2.22. The quantitative estimate of drug-likeness (QED) is 0.876. The summed E-state index contributed by atoms with van der Waals surface area (Å²) in [4.78, 5) is 0.285. The summed E-state index contributed by atoms with van der Waals surface area (Å²) < 4.78 is 33.3. The minimum atomic E-state index is -3.46. The molecule has 0 aliphatic carbocycles. The van der Waals surface area contributed by atoms with Crippen molar-refractivity contribution in [2.45, 2.75) is 43.6 Å². The molecule has 1 aromatic rings. The number of nitrogens with one attached hydrogen (secondary N) is 1. The van der Waals surface area contributed by atoms with Crippen LogP contribution >= 0.6 is 15.9 Å². The molecule has 112 valence electrons. The van der Waals surface area contributed by atoms with Crippen LogP contribution in [0.2, 0.25) is 0 Å². The molecule has 1 N–H and O–H groups in total. The maximum absolute atomic E-state index is 12.2. The van der Waals surface area contributed by atoms with E-state index < -0.39 is 10.0 Å². The Hall–Kier alpha value is -0.430. The highest BCUT2D eigenvalue weighted by molar-refractivity contribution is 9.10. The van der Waals surface area contributed by atoms with Gasteiger partial charge in [-0.25, -0.2) is 13.1 Å². The monoisotopic (exact) mass is 361 g/mol. The van der Waals surface area contributed by atoms with Crippen molar-refractivity contribution in [2.24, 2.45) is 0 Å². The van der Waals surface area contributed by atoms with Crippen LogP contribution < -0.4 is 4.72 Å². The molecule has 0 amide bonds. The zero-order chi connectivity index (χ0) is 14.6. The lowest BCUT2D eigenvalue weighted by Crippen LogP contribution is -2.29. The zero-order valence-corrected chi connectivity index (χ0v) is 14.0. The van der Waals surface area contributed by atoms with Gasteiger partial charge in [-0.2, -0.15) is 0 Å². The van der Waals surface area contributed by atoms with Crippen LogP contribution in [0.1, 0.15) is 31.2 Å². The van der Waals surface area contributed by atoms with Crippen molar-refractivity contribution in [3.8, 4) is 0 Å². The van der Waals surface area contributed by atoms with Gasteiger partial charge in [-0.1, -0.05) is 6.07 Å². The van der Waals surface area contributed by atoms with Gasteiger partial charge in [0.1, 0.15) is 0 Å².